The Hall–Kier alpha value is -3.24. The molecule has 3 rings (SSSR count). The molecular weight excluding hydrogens is 458 g/mol. The van der Waals surface area contributed by atoms with Crippen LogP contribution >= 0.6 is 0 Å². The number of amides is 2. The number of esters is 1. The zero-order chi connectivity index (χ0) is 24.7. The number of ether oxygens (including phenoxy) is 1. The number of anilines is 1. The number of hydrogen-bond acceptors (Lipinski definition) is 6. The van der Waals surface area contributed by atoms with Crippen LogP contribution in [0.25, 0.3) is 0 Å². The Morgan fingerprint density at radius 3 is 2.00 bits per heavy atom. The first-order valence-electron chi connectivity index (χ1n) is 11.1. The van der Waals surface area contributed by atoms with Crippen molar-refractivity contribution < 1.29 is 27.5 Å². The predicted octanol–water partition coefficient (Wildman–Crippen LogP) is 2.75. The number of hydrogen-bond donors (Lipinski definition) is 1. The van der Waals surface area contributed by atoms with Crippen molar-refractivity contribution in [1.29, 1.82) is 0 Å². The Morgan fingerprint density at radius 1 is 0.882 bits per heavy atom. The Labute approximate surface area is 199 Å². The van der Waals surface area contributed by atoms with Gasteiger partial charge in [-0.1, -0.05) is 12.8 Å². The van der Waals surface area contributed by atoms with Gasteiger partial charge in [-0.05, 0) is 61.4 Å². The van der Waals surface area contributed by atoms with E-state index in [-0.39, 0.29) is 16.4 Å². The predicted molar refractivity (Wildman–Crippen MR) is 127 cm³/mol. The molecule has 34 heavy (non-hydrogen) atoms. The van der Waals surface area contributed by atoms with E-state index in [9.17, 15) is 22.8 Å². The van der Waals surface area contributed by atoms with E-state index in [0.29, 0.717) is 24.3 Å². The summed E-state index contributed by atoms with van der Waals surface area (Å²) in [5, 5.41) is 2.59. The van der Waals surface area contributed by atoms with Crippen molar-refractivity contribution in [2.24, 2.45) is 0 Å². The van der Waals surface area contributed by atoms with Crippen LogP contribution in [-0.2, 0) is 19.6 Å². The van der Waals surface area contributed by atoms with Gasteiger partial charge in [0.1, 0.15) is 0 Å². The molecular formula is C24H29N3O6S. The third-order valence-electron chi connectivity index (χ3n) is 5.45. The average Bonchev–Trinajstić information content (AvgIpc) is 3.13. The molecule has 10 heteroatoms. The minimum absolute atomic E-state index is 0.125. The molecule has 1 aliphatic heterocycles. The van der Waals surface area contributed by atoms with Crippen LogP contribution < -0.4 is 5.32 Å². The fourth-order valence-corrected chi connectivity index (χ4v) is 5.08. The lowest BCUT2D eigenvalue weighted by Gasteiger charge is -2.19. The fraction of sp³-hybridized carbons (Fsp3) is 0.375. The molecule has 1 aliphatic rings. The van der Waals surface area contributed by atoms with Crippen LogP contribution in [0.1, 0.15) is 46.4 Å². The maximum Gasteiger partial charge on any atom is 0.338 e. The van der Waals surface area contributed by atoms with Gasteiger partial charge in [0.15, 0.2) is 6.61 Å². The summed E-state index contributed by atoms with van der Waals surface area (Å²) in [6.45, 7) is 0.483. The summed E-state index contributed by atoms with van der Waals surface area (Å²) in [6.07, 6.45) is 3.71. The molecule has 2 aromatic rings. The molecule has 0 radical (unpaired) electrons. The third-order valence-corrected chi connectivity index (χ3v) is 7.36. The summed E-state index contributed by atoms with van der Waals surface area (Å²) in [5.41, 5.74) is 1.09. The van der Waals surface area contributed by atoms with E-state index in [4.69, 9.17) is 4.74 Å². The molecule has 1 N–H and O–H groups in total. The minimum atomic E-state index is -3.61. The quantitative estimate of drug-likeness (QED) is 0.601. The van der Waals surface area contributed by atoms with Crippen LogP contribution in [0, 0.1) is 0 Å². The van der Waals surface area contributed by atoms with Crippen LogP contribution in [0.15, 0.2) is 53.4 Å². The molecule has 9 nitrogen and oxygen atoms in total. The second-order valence-electron chi connectivity index (χ2n) is 8.24. The highest BCUT2D eigenvalue weighted by Crippen LogP contribution is 2.21. The van der Waals surface area contributed by atoms with E-state index >= 15 is 0 Å². The Kier molecular flexibility index (Phi) is 8.41. The number of carbonyl (C=O) groups is 3. The van der Waals surface area contributed by atoms with Crippen LogP contribution in [0.5, 0.6) is 0 Å². The normalized spacial score (nSPS) is 14.6. The number of nitrogens with zero attached hydrogens (tertiary/aromatic N) is 2. The van der Waals surface area contributed by atoms with Gasteiger partial charge in [-0.25, -0.2) is 13.2 Å². The first-order chi connectivity index (χ1) is 16.2. The third kappa shape index (κ3) is 6.42. The maximum absolute atomic E-state index is 12.8. The molecule has 2 aromatic carbocycles. The van der Waals surface area contributed by atoms with Crippen molar-refractivity contribution in [3.63, 3.8) is 0 Å². The van der Waals surface area contributed by atoms with Gasteiger partial charge in [0, 0.05) is 38.4 Å². The lowest BCUT2D eigenvalue weighted by atomic mass is 10.2. The Balaban J connectivity index is 1.53. The van der Waals surface area contributed by atoms with Gasteiger partial charge in [-0.15, -0.1) is 0 Å². The first kappa shape index (κ1) is 25.4. The van der Waals surface area contributed by atoms with Gasteiger partial charge in [-0.2, -0.15) is 4.31 Å². The van der Waals surface area contributed by atoms with Crippen molar-refractivity contribution in [3.8, 4) is 0 Å². The van der Waals surface area contributed by atoms with E-state index in [1.54, 1.807) is 38.4 Å². The highest BCUT2D eigenvalue weighted by molar-refractivity contribution is 7.89. The number of nitrogens with one attached hydrogen (secondary N) is 1. The molecule has 182 valence electrons. The molecule has 0 unspecified atom stereocenters. The summed E-state index contributed by atoms with van der Waals surface area (Å²) in [5.74, 6) is -1.43. The van der Waals surface area contributed by atoms with E-state index in [2.05, 4.69) is 5.32 Å². The van der Waals surface area contributed by atoms with E-state index < -0.39 is 28.5 Å². The van der Waals surface area contributed by atoms with Crippen LogP contribution in [0.2, 0.25) is 0 Å². The largest absolute Gasteiger partial charge is 0.452 e. The lowest BCUT2D eigenvalue weighted by Crippen LogP contribution is -2.31. The molecule has 1 fully saturated rings. The van der Waals surface area contributed by atoms with Crippen molar-refractivity contribution in [3.05, 3.63) is 59.7 Å². The summed E-state index contributed by atoms with van der Waals surface area (Å²) in [6, 6.07) is 11.9. The van der Waals surface area contributed by atoms with Crippen LogP contribution in [0.4, 0.5) is 5.69 Å². The van der Waals surface area contributed by atoms with E-state index in [1.807, 2.05) is 0 Å². The fourth-order valence-electron chi connectivity index (χ4n) is 3.56. The topological polar surface area (TPSA) is 113 Å². The summed E-state index contributed by atoms with van der Waals surface area (Å²) >= 11 is 0. The maximum atomic E-state index is 12.8. The summed E-state index contributed by atoms with van der Waals surface area (Å²) in [7, 11) is -0.313. The molecule has 1 heterocycles. The number of carbonyl (C=O) groups excluding carboxylic acids is 3. The highest BCUT2D eigenvalue weighted by Gasteiger charge is 2.25. The highest BCUT2D eigenvalue weighted by atomic mass is 32.2. The second-order valence-corrected chi connectivity index (χ2v) is 10.2. The molecule has 0 saturated carbocycles. The van der Waals surface area contributed by atoms with Gasteiger partial charge in [-0.3, -0.25) is 9.59 Å². The molecule has 0 aromatic heterocycles. The van der Waals surface area contributed by atoms with Crippen LogP contribution in [0.3, 0.4) is 0 Å². The van der Waals surface area contributed by atoms with Gasteiger partial charge in [0.25, 0.3) is 11.8 Å². The van der Waals surface area contributed by atoms with Gasteiger partial charge < -0.3 is 15.0 Å². The zero-order valence-corrected chi connectivity index (χ0v) is 20.1. The molecule has 0 atom stereocenters. The SMILES string of the molecule is CN(C)C(=O)c1ccc(NC(=O)COC(=O)c2ccc(S(=O)(=O)N3CCCCCC3)cc2)cc1. The van der Waals surface area contributed by atoms with Gasteiger partial charge >= 0.3 is 5.97 Å². The van der Waals surface area contributed by atoms with Crippen molar-refractivity contribution in [2.45, 2.75) is 30.6 Å². The Bertz CT molecular complexity index is 1120. The summed E-state index contributed by atoms with van der Waals surface area (Å²) < 4.78 is 32.2. The number of benzene rings is 2. The number of rotatable bonds is 7. The zero-order valence-electron chi connectivity index (χ0n) is 19.3. The van der Waals surface area contributed by atoms with Crippen molar-refractivity contribution in [1.82, 2.24) is 9.21 Å². The molecule has 2 amide bonds. The number of sulfonamides is 1. The van der Waals surface area contributed by atoms with Crippen molar-refractivity contribution in [2.75, 3.05) is 39.1 Å². The molecule has 0 spiro atoms. The van der Waals surface area contributed by atoms with E-state index in [0.717, 1.165) is 25.7 Å². The van der Waals surface area contributed by atoms with Gasteiger partial charge in [0.2, 0.25) is 10.0 Å². The van der Waals surface area contributed by atoms with Gasteiger partial charge in [0.05, 0.1) is 10.5 Å². The standard InChI is InChI=1S/C24H29N3O6S/c1-26(2)23(29)18-7-11-20(12-8-18)25-22(28)17-33-24(30)19-9-13-21(14-10-19)34(31,32)27-15-5-3-4-6-16-27/h7-14H,3-6,15-17H2,1-2H3,(H,25,28). The van der Waals surface area contributed by atoms with Crippen molar-refractivity contribution >= 4 is 33.5 Å². The lowest BCUT2D eigenvalue weighted by molar-refractivity contribution is -0.119. The smallest absolute Gasteiger partial charge is 0.338 e. The Morgan fingerprint density at radius 2 is 1.44 bits per heavy atom. The minimum Gasteiger partial charge on any atom is -0.452 e. The van der Waals surface area contributed by atoms with E-state index in [1.165, 1.54) is 33.5 Å². The summed E-state index contributed by atoms with van der Waals surface area (Å²) in [4.78, 5) is 37.9. The molecule has 0 aliphatic carbocycles. The second kappa shape index (κ2) is 11.3. The average molecular weight is 488 g/mol. The monoisotopic (exact) mass is 487 g/mol. The molecule has 1 saturated heterocycles. The molecule has 0 bridgehead atoms. The van der Waals surface area contributed by atoms with Crippen LogP contribution in [-0.4, -0.2) is 69.2 Å². The first-order valence-corrected chi connectivity index (χ1v) is 12.5.